The number of aromatic carboxylic acids is 1. The van der Waals surface area contributed by atoms with Gasteiger partial charge in [0.2, 0.25) is 0 Å². The van der Waals surface area contributed by atoms with Gasteiger partial charge in [-0.15, -0.1) is 11.3 Å². The summed E-state index contributed by atoms with van der Waals surface area (Å²) in [5.74, 6) is -1.25. The highest BCUT2D eigenvalue weighted by molar-refractivity contribution is 7.09. The Balaban J connectivity index is 1.83. The van der Waals surface area contributed by atoms with Crippen molar-refractivity contribution in [1.29, 1.82) is 0 Å². The summed E-state index contributed by atoms with van der Waals surface area (Å²) >= 11 is 1.27. The Labute approximate surface area is 113 Å². The summed E-state index contributed by atoms with van der Waals surface area (Å²) < 4.78 is 0. The Morgan fingerprint density at radius 3 is 2.89 bits per heavy atom. The number of rotatable bonds is 5. The summed E-state index contributed by atoms with van der Waals surface area (Å²) in [4.78, 5) is 30.1. The highest BCUT2D eigenvalue weighted by atomic mass is 32.1. The SMILES string of the molecule is O=C(NCCc1nc(C(=O)O)cs1)c1cccnc1. The van der Waals surface area contributed by atoms with E-state index in [9.17, 15) is 9.59 Å². The Hall–Kier alpha value is -2.28. The molecular weight excluding hydrogens is 266 g/mol. The molecule has 0 fully saturated rings. The summed E-state index contributed by atoms with van der Waals surface area (Å²) in [6, 6.07) is 3.36. The topological polar surface area (TPSA) is 92.2 Å². The largest absolute Gasteiger partial charge is 0.476 e. The van der Waals surface area contributed by atoms with E-state index in [0.717, 1.165) is 0 Å². The predicted octanol–water partition coefficient (Wildman–Crippen LogP) is 1.21. The van der Waals surface area contributed by atoms with Crippen molar-refractivity contribution in [1.82, 2.24) is 15.3 Å². The number of hydrogen-bond donors (Lipinski definition) is 2. The number of pyridine rings is 1. The molecule has 0 aromatic carbocycles. The molecule has 2 aromatic heterocycles. The summed E-state index contributed by atoms with van der Waals surface area (Å²) in [7, 11) is 0. The van der Waals surface area contributed by atoms with Crippen molar-refractivity contribution in [2.24, 2.45) is 0 Å². The molecule has 2 N–H and O–H groups in total. The maximum atomic E-state index is 11.7. The second-order valence-corrected chi connectivity index (χ2v) is 4.62. The van der Waals surface area contributed by atoms with Gasteiger partial charge in [-0.1, -0.05) is 0 Å². The molecule has 0 bridgehead atoms. The third-order valence-electron chi connectivity index (χ3n) is 2.32. The fourth-order valence-electron chi connectivity index (χ4n) is 1.41. The van der Waals surface area contributed by atoms with Crippen molar-refractivity contribution in [3.05, 3.63) is 46.2 Å². The molecule has 0 unspecified atom stereocenters. The zero-order valence-corrected chi connectivity index (χ0v) is 10.7. The molecule has 2 heterocycles. The highest BCUT2D eigenvalue weighted by Crippen LogP contribution is 2.09. The zero-order valence-electron chi connectivity index (χ0n) is 9.87. The number of nitrogens with zero attached hydrogens (tertiary/aromatic N) is 2. The number of aromatic nitrogens is 2. The van der Waals surface area contributed by atoms with Gasteiger partial charge in [0.1, 0.15) is 0 Å². The average molecular weight is 277 g/mol. The van der Waals surface area contributed by atoms with Crippen LogP contribution in [0, 0.1) is 0 Å². The highest BCUT2D eigenvalue weighted by Gasteiger charge is 2.09. The fourth-order valence-corrected chi connectivity index (χ4v) is 2.18. The van der Waals surface area contributed by atoms with Crippen molar-refractivity contribution >= 4 is 23.2 Å². The summed E-state index contributed by atoms with van der Waals surface area (Å²) in [5.41, 5.74) is 0.534. The molecule has 2 rings (SSSR count). The normalized spacial score (nSPS) is 10.1. The minimum absolute atomic E-state index is 0.0404. The molecule has 0 aliphatic rings. The van der Waals surface area contributed by atoms with Crippen LogP contribution in [-0.4, -0.2) is 33.5 Å². The van der Waals surface area contributed by atoms with Gasteiger partial charge in [0, 0.05) is 30.7 Å². The molecule has 7 heteroatoms. The van der Waals surface area contributed by atoms with E-state index in [1.165, 1.54) is 22.9 Å². The van der Waals surface area contributed by atoms with Crippen LogP contribution in [0.15, 0.2) is 29.9 Å². The maximum absolute atomic E-state index is 11.7. The summed E-state index contributed by atoms with van der Waals surface area (Å²) in [6.07, 6.45) is 3.59. The van der Waals surface area contributed by atoms with Crippen LogP contribution in [0.5, 0.6) is 0 Å². The molecule has 0 saturated heterocycles. The molecule has 98 valence electrons. The number of amides is 1. The van der Waals surface area contributed by atoms with Crippen LogP contribution in [0.2, 0.25) is 0 Å². The van der Waals surface area contributed by atoms with E-state index in [1.54, 1.807) is 18.3 Å². The van der Waals surface area contributed by atoms with E-state index in [-0.39, 0.29) is 11.6 Å². The molecule has 1 amide bonds. The maximum Gasteiger partial charge on any atom is 0.355 e. The van der Waals surface area contributed by atoms with Gasteiger partial charge in [-0.05, 0) is 12.1 Å². The Bertz CT molecular complexity index is 583. The Morgan fingerprint density at radius 1 is 1.42 bits per heavy atom. The van der Waals surface area contributed by atoms with Crippen LogP contribution in [0.4, 0.5) is 0 Å². The van der Waals surface area contributed by atoms with E-state index in [0.29, 0.717) is 23.5 Å². The van der Waals surface area contributed by atoms with E-state index < -0.39 is 5.97 Å². The minimum atomic E-state index is -1.04. The molecule has 0 aliphatic heterocycles. The van der Waals surface area contributed by atoms with Gasteiger partial charge in [-0.3, -0.25) is 9.78 Å². The van der Waals surface area contributed by atoms with Crippen molar-refractivity contribution in [3.8, 4) is 0 Å². The lowest BCUT2D eigenvalue weighted by Crippen LogP contribution is -2.25. The molecule has 2 aromatic rings. The van der Waals surface area contributed by atoms with Gasteiger partial charge in [0.05, 0.1) is 10.6 Å². The summed E-state index contributed by atoms with van der Waals surface area (Å²) in [5, 5.41) is 13.6. The Morgan fingerprint density at radius 2 is 2.26 bits per heavy atom. The number of nitrogens with one attached hydrogen (secondary N) is 1. The van der Waals surface area contributed by atoms with E-state index in [2.05, 4.69) is 15.3 Å². The smallest absolute Gasteiger partial charge is 0.355 e. The van der Waals surface area contributed by atoms with Crippen molar-refractivity contribution < 1.29 is 14.7 Å². The molecule has 6 nitrogen and oxygen atoms in total. The van der Waals surface area contributed by atoms with Gasteiger partial charge < -0.3 is 10.4 Å². The molecule has 0 spiro atoms. The predicted molar refractivity (Wildman–Crippen MR) is 69.3 cm³/mol. The molecule has 0 atom stereocenters. The van der Waals surface area contributed by atoms with Gasteiger partial charge in [-0.2, -0.15) is 0 Å². The van der Waals surface area contributed by atoms with Crippen LogP contribution < -0.4 is 5.32 Å². The number of thiazole rings is 1. The van der Waals surface area contributed by atoms with Crippen molar-refractivity contribution in [2.45, 2.75) is 6.42 Å². The third-order valence-corrected chi connectivity index (χ3v) is 3.23. The summed E-state index contributed by atoms with van der Waals surface area (Å²) in [6.45, 7) is 0.403. The van der Waals surface area contributed by atoms with Crippen LogP contribution in [0.3, 0.4) is 0 Å². The van der Waals surface area contributed by atoms with Crippen LogP contribution in [0.25, 0.3) is 0 Å². The monoisotopic (exact) mass is 277 g/mol. The lowest BCUT2D eigenvalue weighted by Gasteiger charge is -2.02. The van der Waals surface area contributed by atoms with Crippen LogP contribution >= 0.6 is 11.3 Å². The van der Waals surface area contributed by atoms with Gasteiger partial charge in [0.25, 0.3) is 5.91 Å². The first kappa shape index (κ1) is 13.2. The molecule has 0 radical (unpaired) electrons. The lowest BCUT2D eigenvalue weighted by atomic mass is 10.2. The van der Waals surface area contributed by atoms with Crippen LogP contribution in [-0.2, 0) is 6.42 Å². The molecule has 0 aliphatic carbocycles. The van der Waals surface area contributed by atoms with Gasteiger partial charge >= 0.3 is 5.97 Å². The second kappa shape index (κ2) is 6.05. The Kier molecular flexibility index (Phi) is 4.19. The number of carbonyl (C=O) groups is 2. The quantitative estimate of drug-likeness (QED) is 0.857. The number of carboxylic acid groups (broad SMARTS) is 1. The zero-order chi connectivity index (χ0) is 13.7. The van der Waals surface area contributed by atoms with E-state index in [1.807, 2.05) is 0 Å². The second-order valence-electron chi connectivity index (χ2n) is 3.68. The minimum Gasteiger partial charge on any atom is -0.476 e. The van der Waals surface area contributed by atoms with Crippen molar-refractivity contribution in [2.75, 3.05) is 6.54 Å². The van der Waals surface area contributed by atoms with E-state index in [4.69, 9.17) is 5.11 Å². The first-order chi connectivity index (χ1) is 9.16. The lowest BCUT2D eigenvalue weighted by molar-refractivity contribution is 0.0690. The first-order valence-electron chi connectivity index (χ1n) is 5.53. The van der Waals surface area contributed by atoms with Crippen LogP contribution in [0.1, 0.15) is 25.9 Å². The number of carbonyl (C=O) groups excluding carboxylic acids is 1. The number of carboxylic acids is 1. The third kappa shape index (κ3) is 3.59. The van der Waals surface area contributed by atoms with Crippen molar-refractivity contribution in [3.63, 3.8) is 0 Å². The first-order valence-corrected chi connectivity index (χ1v) is 6.40. The molecular formula is C12H11N3O3S. The molecule has 0 saturated carbocycles. The standard InChI is InChI=1S/C12H11N3O3S/c16-11(8-2-1-4-13-6-8)14-5-3-10-15-9(7-19-10)12(17)18/h1-2,4,6-7H,3,5H2,(H,14,16)(H,17,18). The average Bonchev–Trinajstić information content (AvgIpc) is 2.89. The van der Waals surface area contributed by atoms with Gasteiger partial charge in [-0.25, -0.2) is 9.78 Å². The molecule has 19 heavy (non-hydrogen) atoms. The number of hydrogen-bond acceptors (Lipinski definition) is 5. The van der Waals surface area contributed by atoms with E-state index >= 15 is 0 Å². The fraction of sp³-hybridized carbons (Fsp3) is 0.167. The van der Waals surface area contributed by atoms with Gasteiger partial charge in [0.15, 0.2) is 5.69 Å².